The minimum Gasteiger partial charge on any atom is -0.490 e. The Balaban J connectivity index is 2.04. The Morgan fingerprint density at radius 3 is 3.06 bits per heavy atom. The van der Waals surface area contributed by atoms with E-state index in [-0.39, 0.29) is 0 Å². The Bertz CT molecular complexity index is 346. The molecular formula is C13H18BrNO. The van der Waals surface area contributed by atoms with Crippen molar-refractivity contribution in [1.29, 1.82) is 0 Å². The van der Waals surface area contributed by atoms with Crippen LogP contribution in [0.4, 0.5) is 0 Å². The van der Waals surface area contributed by atoms with Crippen LogP contribution in [-0.4, -0.2) is 19.2 Å². The molecule has 1 saturated heterocycles. The van der Waals surface area contributed by atoms with Crippen LogP contribution in [0.2, 0.25) is 0 Å². The SMILES string of the molecule is Cc1ccc(Br)cc1OC1CCCNCC1. The summed E-state index contributed by atoms with van der Waals surface area (Å²) in [6, 6.07) is 6.21. The smallest absolute Gasteiger partial charge is 0.123 e. The van der Waals surface area contributed by atoms with E-state index in [0.29, 0.717) is 6.10 Å². The summed E-state index contributed by atoms with van der Waals surface area (Å²) in [6.45, 7) is 4.28. The minimum absolute atomic E-state index is 0.364. The van der Waals surface area contributed by atoms with Crippen LogP contribution in [0.5, 0.6) is 5.75 Å². The lowest BCUT2D eigenvalue weighted by atomic mass is 10.1. The predicted octanol–water partition coefficient (Wildman–Crippen LogP) is 3.28. The Labute approximate surface area is 106 Å². The topological polar surface area (TPSA) is 21.3 Å². The number of hydrogen-bond acceptors (Lipinski definition) is 2. The maximum Gasteiger partial charge on any atom is 0.123 e. The van der Waals surface area contributed by atoms with E-state index in [2.05, 4.69) is 46.4 Å². The summed E-state index contributed by atoms with van der Waals surface area (Å²) in [5.41, 5.74) is 1.21. The summed E-state index contributed by atoms with van der Waals surface area (Å²) in [5.74, 6) is 1.02. The molecular weight excluding hydrogens is 266 g/mol. The van der Waals surface area contributed by atoms with Crippen LogP contribution in [0.25, 0.3) is 0 Å². The van der Waals surface area contributed by atoms with Gasteiger partial charge in [-0.15, -0.1) is 0 Å². The van der Waals surface area contributed by atoms with Crippen LogP contribution in [0.3, 0.4) is 0 Å². The Morgan fingerprint density at radius 2 is 2.19 bits per heavy atom. The van der Waals surface area contributed by atoms with E-state index in [1.54, 1.807) is 0 Å². The third-order valence-corrected chi connectivity index (χ3v) is 3.46. The van der Waals surface area contributed by atoms with Crippen molar-refractivity contribution in [3.8, 4) is 5.75 Å². The number of ether oxygens (including phenoxy) is 1. The lowest BCUT2D eigenvalue weighted by Gasteiger charge is -2.18. The summed E-state index contributed by atoms with van der Waals surface area (Å²) in [4.78, 5) is 0. The first kappa shape index (κ1) is 11.9. The van der Waals surface area contributed by atoms with Gasteiger partial charge in [-0.05, 0) is 57.0 Å². The molecule has 0 radical (unpaired) electrons. The van der Waals surface area contributed by atoms with E-state index in [4.69, 9.17) is 4.74 Å². The van der Waals surface area contributed by atoms with Crippen LogP contribution in [0.1, 0.15) is 24.8 Å². The number of rotatable bonds is 2. The van der Waals surface area contributed by atoms with E-state index in [9.17, 15) is 0 Å². The van der Waals surface area contributed by atoms with Crippen molar-refractivity contribution in [3.63, 3.8) is 0 Å². The van der Waals surface area contributed by atoms with Gasteiger partial charge in [0.25, 0.3) is 0 Å². The number of nitrogens with one attached hydrogen (secondary N) is 1. The molecule has 1 heterocycles. The second-order valence-electron chi connectivity index (χ2n) is 4.33. The van der Waals surface area contributed by atoms with Crippen LogP contribution in [-0.2, 0) is 0 Å². The molecule has 0 saturated carbocycles. The minimum atomic E-state index is 0.364. The molecule has 2 nitrogen and oxygen atoms in total. The summed E-state index contributed by atoms with van der Waals surface area (Å²) in [7, 11) is 0. The summed E-state index contributed by atoms with van der Waals surface area (Å²) >= 11 is 3.48. The molecule has 1 atom stereocenters. The maximum atomic E-state index is 6.08. The quantitative estimate of drug-likeness (QED) is 0.900. The Kier molecular flexibility index (Phi) is 4.24. The maximum absolute atomic E-state index is 6.08. The van der Waals surface area contributed by atoms with Gasteiger partial charge in [0.15, 0.2) is 0 Å². The van der Waals surface area contributed by atoms with E-state index in [1.807, 2.05) is 0 Å². The molecule has 88 valence electrons. The molecule has 1 aromatic rings. The Hall–Kier alpha value is -0.540. The van der Waals surface area contributed by atoms with Crippen molar-refractivity contribution in [3.05, 3.63) is 28.2 Å². The number of benzene rings is 1. The van der Waals surface area contributed by atoms with Gasteiger partial charge in [0, 0.05) is 4.47 Å². The molecule has 1 unspecified atom stereocenters. The average Bonchev–Trinajstić information content (AvgIpc) is 2.52. The molecule has 0 spiro atoms. The van der Waals surface area contributed by atoms with Gasteiger partial charge in [-0.2, -0.15) is 0 Å². The monoisotopic (exact) mass is 283 g/mol. The summed E-state index contributed by atoms with van der Waals surface area (Å²) < 4.78 is 7.16. The second kappa shape index (κ2) is 5.69. The number of halogens is 1. The van der Waals surface area contributed by atoms with Crippen molar-refractivity contribution in [2.24, 2.45) is 0 Å². The first-order valence-corrected chi connectivity index (χ1v) is 6.68. The zero-order valence-corrected chi connectivity index (χ0v) is 11.2. The third-order valence-electron chi connectivity index (χ3n) is 2.97. The van der Waals surface area contributed by atoms with Crippen molar-refractivity contribution < 1.29 is 4.74 Å². The van der Waals surface area contributed by atoms with E-state index in [1.165, 1.54) is 12.0 Å². The van der Waals surface area contributed by atoms with E-state index in [0.717, 1.165) is 36.2 Å². The van der Waals surface area contributed by atoms with Crippen LogP contribution in [0, 0.1) is 6.92 Å². The number of hydrogen-bond donors (Lipinski definition) is 1. The fourth-order valence-electron chi connectivity index (χ4n) is 1.99. The zero-order chi connectivity index (χ0) is 11.4. The second-order valence-corrected chi connectivity index (χ2v) is 5.25. The average molecular weight is 284 g/mol. The summed E-state index contributed by atoms with van der Waals surface area (Å²) in [6.07, 6.45) is 3.82. The normalized spacial score (nSPS) is 21.5. The summed E-state index contributed by atoms with van der Waals surface area (Å²) in [5, 5.41) is 3.40. The van der Waals surface area contributed by atoms with E-state index >= 15 is 0 Å². The van der Waals surface area contributed by atoms with Crippen molar-refractivity contribution in [2.75, 3.05) is 13.1 Å². The molecule has 16 heavy (non-hydrogen) atoms. The fourth-order valence-corrected chi connectivity index (χ4v) is 2.33. The first-order chi connectivity index (χ1) is 7.75. The molecule has 1 N–H and O–H groups in total. The molecule has 0 aromatic heterocycles. The van der Waals surface area contributed by atoms with Crippen LogP contribution < -0.4 is 10.1 Å². The van der Waals surface area contributed by atoms with E-state index < -0.39 is 0 Å². The highest BCUT2D eigenvalue weighted by Crippen LogP contribution is 2.25. The predicted molar refractivity (Wildman–Crippen MR) is 70.0 cm³/mol. The highest BCUT2D eigenvalue weighted by atomic mass is 79.9. The molecule has 3 heteroatoms. The van der Waals surface area contributed by atoms with Gasteiger partial charge in [0.1, 0.15) is 5.75 Å². The van der Waals surface area contributed by atoms with Gasteiger partial charge in [-0.3, -0.25) is 0 Å². The molecule has 1 aliphatic rings. The molecule has 1 fully saturated rings. The standard InChI is InChI=1S/C13H18BrNO/c1-10-4-5-11(14)9-13(10)16-12-3-2-7-15-8-6-12/h4-5,9,12,15H,2-3,6-8H2,1H3. The fraction of sp³-hybridized carbons (Fsp3) is 0.538. The van der Waals surface area contributed by atoms with Crippen LogP contribution >= 0.6 is 15.9 Å². The Morgan fingerprint density at radius 1 is 1.31 bits per heavy atom. The van der Waals surface area contributed by atoms with Gasteiger partial charge in [-0.25, -0.2) is 0 Å². The number of aryl methyl sites for hydroxylation is 1. The van der Waals surface area contributed by atoms with Crippen molar-refractivity contribution in [2.45, 2.75) is 32.3 Å². The molecule has 0 bridgehead atoms. The largest absolute Gasteiger partial charge is 0.490 e. The van der Waals surface area contributed by atoms with Gasteiger partial charge >= 0.3 is 0 Å². The first-order valence-electron chi connectivity index (χ1n) is 5.89. The lowest BCUT2D eigenvalue weighted by Crippen LogP contribution is -2.19. The highest BCUT2D eigenvalue weighted by Gasteiger charge is 2.14. The molecule has 1 aliphatic heterocycles. The zero-order valence-electron chi connectivity index (χ0n) is 9.63. The molecule has 0 aliphatic carbocycles. The third kappa shape index (κ3) is 3.22. The van der Waals surface area contributed by atoms with Crippen LogP contribution in [0.15, 0.2) is 22.7 Å². The van der Waals surface area contributed by atoms with Crippen molar-refractivity contribution in [1.82, 2.24) is 5.32 Å². The molecule has 1 aromatic carbocycles. The lowest BCUT2D eigenvalue weighted by molar-refractivity contribution is 0.186. The van der Waals surface area contributed by atoms with Crippen molar-refractivity contribution >= 4 is 15.9 Å². The highest BCUT2D eigenvalue weighted by molar-refractivity contribution is 9.10. The van der Waals surface area contributed by atoms with Gasteiger partial charge in [0.05, 0.1) is 6.10 Å². The molecule has 2 rings (SSSR count). The molecule has 0 amide bonds. The van der Waals surface area contributed by atoms with Gasteiger partial charge in [0.2, 0.25) is 0 Å². The van der Waals surface area contributed by atoms with Gasteiger partial charge < -0.3 is 10.1 Å². The van der Waals surface area contributed by atoms with Gasteiger partial charge in [-0.1, -0.05) is 22.0 Å².